The lowest BCUT2D eigenvalue weighted by molar-refractivity contribution is 0.287. The summed E-state index contributed by atoms with van der Waals surface area (Å²) in [6.45, 7) is 3.87. The van der Waals surface area contributed by atoms with Gasteiger partial charge in [0.25, 0.3) is 5.56 Å². The van der Waals surface area contributed by atoms with E-state index in [-0.39, 0.29) is 5.56 Å². The zero-order chi connectivity index (χ0) is 16.2. The fourth-order valence-electron chi connectivity index (χ4n) is 2.45. The molecule has 0 N–H and O–H groups in total. The molecule has 0 atom stereocenters. The first kappa shape index (κ1) is 15.5. The van der Waals surface area contributed by atoms with Crippen LogP contribution in [0.2, 0.25) is 0 Å². The molecule has 3 rings (SSSR count). The molecule has 0 radical (unpaired) electrons. The molecule has 0 bridgehead atoms. The van der Waals surface area contributed by atoms with Crippen LogP contribution in [0.3, 0.4) is 0 Å². The van der Waals surface area contributed by atoms with Crippen molar-refractivity contribution in [3.05, 3.63) is 69.1 Å². The molecule has 0 saturated heterocycles. The molecule has 2 aromatic heterocycles. The van der Waals surface area contributed by atoms with E-state index in [2.05, 4.69) is 47.0 Å². The number of benzene rings is 1. The van der Waals surface area contributed by atoms with Crippen LogP contribution in [0.4, 0.5) is 0 Å². The van der Waals surface area contributed by atoms with Gasteiger partial charge in [-0.25, -0.2) is 4.98 Å². The Morgan fingerprint density at radius 1 is 1.30 bits per heavy atom. The van der Waals surface area contributed by atoms with Crippen molar-refractivity contribution in [2.24, 2.45) is 0 Å². The van der Waals surface area contributed by atoms with Crippen molar-refractivity contribution in [1.29, 1.82) is 0 Å². The van der Waals surface area contributed by atoms with E-state index in [9.17, 15) is 4.79 Å². The minimum atomic E-state index is -0.0535. The first-order valence-electron chi connectivity index (χ1n) is 7.33. The Kier molecular flexibility index (Phi) is 4.56. The maximum absolute atomic E-state index is 12.1. The van der Waals surface area contributed by atoms with Crippen LogP contribution in [0.25, 0.3) is 4.96 Å². The van der Waals surface area contributed by atoms with Gasteiger partial charge >= 0.3 is 0 Å². The minimum absolute atomic E-state index is 0.0535. The summed E-state index contributed by atoms with van der Waals surface area (Å²) < 4.78 is 1.56. The van der Waals surface area contributed by atoms with Crippen LogP contribution in [0.15, 0.2) is 46.7 Å². The molecule has 0 aliphatic carbocycles. The smallest absolute Gasteiger partial charge is 0.258 e. The number of terminal acetylenes is 1. The molecular weight excluding hydrogens is 306 g/mol. The molecule has 2 heterocycles. The van der Waals surface area contributed by atoms with Gasteiger partial charge in [-0.2, -0.15) is 0 Å². The first-order valence-corrected chi connectivity index (χ1v) is 8.21. The van der Waals surface area contributed by atoms with Gasteiger partial charge in [0.15, 0.2) is 4.96 Å². The Bertz CT molecular complexity index is 902. The zero-order valence-corrected chi connectivity index (χ0v) is 13.7. The van der Waals surface area contributed by atoms with E-state index < -0.39 is 0 Å². The van der Waals surface area contributed by atoms with E-state index >= 15 is 0 Å². The molecule has 23 heavy (non-hydrogen) atoms. The van der Waals surface area contributed by atoms with Crippen LogP contribution >= 0.6 is 11.3 Å². The Labute approximate surface area is 139 Å². The minimum Gasteiger partial charge on any atom is -0.282 e. The fourth-order valence-corrected chi connectivity index (χ4v) is 3.19. The summed E-state index contributed by atoms with van der Waals surface area (Å²) in [5, 5.41) is 1.86. The second-order valence-corrected chi connectivity index (χ2v) is 6.35. The third-order valence-corrected chi connectivity index (χ3v) is 4.34. The van der Waals surface area contributed by atoms with Gasteiger partial charge in [0.2, 0.25) is 0 Å². The van der Waals surface area contributed by atoms with Crippen molar-refractivity contribution >= 4 is 16.3 Å². The highest BCUT2D eigenvalue weighted by Gasteiger charge is 2.09. The highest BCUT2D eigenvalue weighted by Crippen LogP contribution is 2.11. The average Bonchev–Trinajstić information content (AvgIpc) is 2.99. The predicted octanol–water partition coefficient (Wildman–Crippen LogP) is 2.70. The third kappa shape index (κ3) is 3.67. The van der Waals surface area contributed by atoms with E-state index in [1.807, 2.05) is 5.38 Å². The maximum atomic E-state index is 12.1. The lowest BCUT2D eigenvalue weighted by Gasteiger charge is -2.19. The number of hydrogen-bond donors (Lipinski definition) is 0. The molecule has 5 heteroatoms. The molecule has 0 unspecified atom stereocenters. The van der Waals surface area contributed by atoms with E-state index in [1.165, 1.54) is 22.5 Å². The average molecular weight is 323 g/mol. The van der Waals surface area contributed by atoms with E-state index in [4.69, 9.17) is 6.42 Å². The SMILES string of the molecule is C#CCN(Cc1ccc(C)cc1)Cc1cc(=O)n2ccsc2n1. The van der Waals surface area contributed by atoms with E-state index in [0.29, 0.717) is 18.1 Å². The second-order valence-electron chi connectivity index (χ2n) is 5.48. The molecular formula is C18H17N3OS. The number of aromatic nitrogens is 2. The van der Waals surface area contributed by atoms with Gasteiger partial charge in [-0.05, 0) is 12.5 Å². The highest BCUT2D eigenvalue weighted by molar-refractivity contribution is 7.15. The summed E-state index contributed by atoms with van der Waals surface area (Å²) in [5.41, 5.74) is 3.12. The van der Waals surface area contributed by atoms with Crippen molar-refractivity contribution in [1.82, 2.24) is 14.3 Å². The van der Waals surface area contributed by atoms with Gasteiger partial charge in [-0.15, -0.1) is 17.8 Å². The Morgan fingerprint density at radius 2 is 2.09 bits per heavy atom. The van der Waals surface area contributed by atoms with E-state index in [0.717, 1.165) is 12.2 Å². The fraction of sp³-hybridized carbons (Fsp3) is 0.222. The number of fused-ring (bicyclic) bond motifs is 1. The van der Waals surface area contributed by atoms with Gasteiger partial charge in [0, 0.05) is 30.7 Å². The summed E-state index contributed by atoms with van der Waals surface area (Å²) in [7, 11) is 0. The van der Waals surface area contributed by atoms with Crippen LogP contribution in [0, 0.1) is 19.3 Å². The molecule has 0 aliphatic rings. The molecule has 1 aromatic carbocycles. The topological polar surface area (TPSA) is 37.6 Å². The highest BCUT2D eigenvalue weighted by atomic mass is 32.1. The predicted molar refractivity (Wildman–Crippen MR) is 93.5 cm³/mol. The normalized spacial score (nSPS) is 11.0. The van der Waals surface area contributed by atoms with Gasteiger partial charge in [0.05, 0.1) is 12.2 Å². The first-order chi connectivity index (χ1) is 11.2. The monoisotopic (exact) mass is 323 g/mol. The van der Waals surface area contributed by atoms with Crippen molar-refractivity contribution in [2.45, 2.75) is 20.0 Å². The Balaban J connectivity index is 1.81. The molecule has 4 nitrogen and oxygen atoms in total. The summed E-state index contributed by atoms with van der Waals surface area (Å²) in [5.74, 6) is 2.68. The van der Waals surface area contributed by atoms with Crippen molar-refractivity contribution in [3.63, 3.8) is 0 Å². The van der Waals surface area contributed by atoms with Crippen molar-refractivity contribution < 1.29 is 0 Å². The van der Waals surface area contributed by atoms with E-state index in [1.54, 1.807) is 16.7 Å². The largest absolute Gasteiger partial charge is 0.282 e. The number of nitrogens with zero attached hydrogens (tertiary/aromatic N) is 3. The van der Waals surface area contributed by atoms with Crippen LogP contribution in [-0.4, -0.2) is 20.8 Å². The zero-order valence-electron chi connectivity index (χ0n) is 12.9. The number of thiazole rings is 1. The van der Waals surface area contributed by atoms with Crippen LogP contribution < -0.4 is 5.56 Å². The summed E-state index contributed by atoms with van der Waals surface area (Å²) in [6, 6.07) is 9.96. The Morgan fingerprint density at radius 3 is 2.83 bits per heavy atom. The Hall–Kier alpha value is -2.42. The number of aryl methyl sites for hydroxylation is 1. The standard InChI is InChI=1S/C18H17N3OS/c1-3-8-20(12-15-6-4-14(2)5-7-15)13-16-11-17(22)21-9-10-23-18(21)19-16/h1,4-7,9-11H,8,12-13H2,2H3. The molecule has 0 saturated carbocycles. The van der Waals surface area contributed by atoms with Gasteiger partial charge in [-0.3, -0.25) is 14.1 Å². The van der Waals surface area contributed by atoms with Gasteiger partial charge in [-0.1, -0.05) is 35.7 Å². The van der Waals surface area contributed by atoms with Crippen molar-refractivity contribution in [2.75, 3.05) is 6.54 Å². The number of rotatable bonds is 5. The molecule has 0 aliphatic heterocycles. The lowest BCUT2D eigenvalue weighted by Crippen LogP contribution is -2.25. The van der Waals surface area contributed by atoms with Crippen LogP contribution in [-0.2, 0) is 13.1 Å². The number of hydrogen-bond acceptors (Lipinski definition) is 4. The van der Waals surface area contributed by atoms with Gasteiger partial charge in [0.1, 0.15) is 0 Å². The maximum Gasteiger partial charge on any atom is 0.258 e. The molecule has 0 fully saturated rings. The molecule has 0 amide bonds. The summed E-state index contributed by atoms with van der Waals surface area (Å²) in [6.07, 6.45) is 7.23. The van der Waals surface area contributed by atoms with Gasteiger partial charge < -0.3 is 0 Å². The van der Waals surface area contributed by atoms with Crippen LogP contribution in [0.1, 0.15) is 16.8 Å². The summed E-state index contributed by atoms with van der Waals surface area (Å²) >= 11 is 1.45. The molecule has 0 spiro atoms. The molecule has 3 aromatic rings. The quantitative estimate of drug-likeness (QED) is 0.678. The molecule has 116 valence electrons. The lowest BCUT2D eigenvalue weighted by atomic mass is 10.1. The summed E-state index contributed by atoms with van der Waals surface area (Å²) in [4.78, 5) is 19.4. The third-order valence-electron chi connectivity index (χ3n) is 3.58. The van der Waals surface area contributed by atoms with Crippen LogP contribution in [0.5, 0.6) is 0 Å². The second kappa shape index (κ2) is 6.78. The van der Waals surface area contributed by atoms with Crippen molar-refractivity contribution in [3.8, 4) is 12.3 Å².